The van der Waals surface area contributed by atoms with Crippen molar-refractivity contribution < 1.29 is 13.2 Å². The predicted molar refractivity (Wildman–Crippen MR) is 76.9 cm³/mol. The van der Waals surface area contributed by atoms with Gasteiger partial charge in [-0.3, -0.25) is 0 Å². The van der Waals surface area contributed by atoms with Gasteiger partial charge in [0.2, 0.25) is 10.0 Å². The van der Waals surface area contributed by atoms with Crippen molar-refractivity contribution in [3.8, 4) is 5.75 Å². The summed E-state index contributed by atoms with van der Waals surface area (Å²) in [5.41, 5.74) is 0. The molecule has 106 valence electrons. The first-order chi connectivity index (χ1) is 9.05. The molecule has 0 unspecified atom stereocenters. The van der Waals surface area contributed by atoms with Gasteiger partial charge in [-0.1, -0.05) is 15.9 Å². The zero-order chi connectivity index (χ0) is 13.9. The van der Waals surface area contributed by atoms with Crippen LogP contribution in [0.3, 0.4) is 0 Å². The van der Waals surface area contributed by atoms with Gasteiger partial charge >= 0.3 is 0 Å². The third-order valence-electron chi connectivity index (χ3n) is 2.90. The number of benzene rings is 1. The Morgan fingerprint density at radius 3 is 2.68 bits per heavy atom. The highest BCUT2D eigenvalue weighted by Gasteiger charge is 2.29. The summed E-state index contributed by atoms with van der Waals surface area (Å²) in [6.07, 6.45) is 0. The van der Waals surface area contributed by atoms with Crippen LogP contribution in [-0.2, 0) is 10.0 Å². The van der Waals surface area contributed by atoms with Crippen molar-refractivity contribution in [2.75, 3.05) is 32.8 Å². The van der Waals surface area contributed by atoms with E-state index in [4.69, 9.17) is 4.74 Å². The normalized spacial score (nSPS) is 17.4. The number of hydrogen-bond acceptors (Lipinski definition) is 4. The van der Waals surface area contributed by atoms with Gasteiger partial charge in [-0.05, 0) is 25.1 Å². The lowest BCUT2D eigenvalue weighted by atomic mass is 10.3. The molecular weight excluding hydrogens is 332 g/mol. The topological polar surface area (TPSA) is 58.6 Å². The van der Waals surface area contributed by atoms with Gasteiger partial charge < -0.3 is 10.1 Å². The minimum absolute atomic E-state index is 0.227. The van der Waals surface area contributed by atoms with Crippen molar-refractivity contribution in [2.45, 2.75) is 11.8 Å². The van der Waals surface area contributed by atoms with E-state index in [1.54, 1.807) is 18.2 Å². The van der Waals surface area contributed by atoms with E-state index in [1.807, 2.05) is 6.92 Å². The molecule has 0 bridgehead atoms. The van der Waals surface area contributed by atoms with Crippen LogP contribution in [-0.4, -0.2) is 45.5 Å². The molecule has 0 atom stereocenters. The van der Waals surface area contributed by atoms with Gasteiger partial charge in [0.05, 0.1) is 6.61 Å². The molecule has 0 amide bonds. The maximum absolute atomic E-state index is 12.6. The van der Waals surface area contributed by atoms with E-state index >= 15 is 0 Å². The molecule has 1 aliphatic heterocycles. The molecule has 1 heterocycles. The number of nitrogens with zero attached hydrogens (tertiary/aromatic N) is 1. The zero-order valence-corrected chi connectivity index (χ0v) is 13.1. The van der Waals surface area contributed by atoms with Crippen LogP contribution in [0.1, 0.15) is 6.92 Å². The maximum Gasteiger partial charge on any atom is 0.246 e. The van der Waals surface area contributed by atoms with Gasteiger partial charge in [-0.25, -0.2) is 8.42 Å². The zero-order valence-electron chi connectivity index (χ0n) is 10.7. The quantitative estimate of drug-likeness (QED) is 0.894. The number of halogens is 1. The highest BCUT2D eigenvalue weighted by atomic mass is 79.9. The van der Waals surface area contributed by atoms with Gasteiger partial charge in [-0.2, -0.15) is 4.31 Å². The van der Waals surface area contributed by atoms with E-state index in [-0.39, 0.29) is 4.90 Å². The predicted octanol–water partition coefficient (Wildman–Crippen LogP) is 1.44. The fourth-order valence-electron chi connectivity index (χ4n) is 1.98. The third-order valence-corrected chi connectivity index (χ3v) is 5.31. The van der Waals surface area contributed by atoms with E-state index < -0.39 is 10.0 Å². The fraction of sp³-hybridized carbons (Fsp3) is 0.500. The lowest BCUT2D eigenvalue weighted by molar-refractivity contribution is 0.325. The van der Waals surface area contributed by atoms with Crippen molar-refractivity contribution in [2.24, 2.45) is 0 Å². The maximum atomic E-state index is 12.6. The van der Waals surface area contributed by atoms with E-state index in [9.17, 15) is 8.42 Å². The average molecular weight is 349 g/mol. The summed E-state index contributed by atoms with van der Waals surface area (Å²) in [6.45, 7) is 4.60. The Hall–Kier alpha value is -0.630. The molecule has 1 aromatic rings. The van der Waals surface area contributed by atoms with Crippen LogP contribution in [0.2, 0.25) is 0 Å². The summed E-state index contributed by atoms with van der Waals surface area (Å²) in [4.78, 5) is 0.227. The molecule has 19 heavy (non-hydrogen) atoms. The van der Waals surface area contributed by atoms with E-state index in [0.717, 1.165) is 4.47 Å². The molecule has 0 aliphatic carbocycles. The number of rotatable bonds is 4. The minimum Gasteiger partial charge on any atom is -0.492 e. The van der Waals surface area contributed by atoms with Crippen LogP contribution in [0.5, 0.6) is 5.75 Å². The summed E-state index contributed by atoms with van der Waals surface area (Å²) in [6, 6.07) is 5.06. The average Bonchev–Trinajstić information content (AvgIpc) is 2.42. The third kappa shape index (κ3) is 3.28. The molecule has 1 aliphatic rings. The Morgan fingerprint density at radius 1 is 1.37 bits per heavy atom. The van der Waals surface area contributed by atoms with Crippen LogP contribution >= 0.6 is 15.9 Å². The highest BCUT2D eigenvalue weighted by molar-refractivity contribution is 9.10. The summed E-state index contributed by atoms with van der Waals surface area (Å²) >= 11 is 3.31. The lowest BCUT2D eigenvalue weighted by Crippen LogP contribution is -2.46. The first kappa shape index (κ1) is 14.8. The molecule has 0 saturated carbocycles. The number of hydrogen-bond donors (Lipinski definition) is 1. The van der Waals surface area contributed by atoms with Crippen molar-refractivity contribution in [3.63, 3.8) is 0 Å². The highest BCUT2D eigenvalue weighted by Crippen LogP contribution is 2.30. The van der Waals surface area contributed by atoms with Gasteiger partial charge in [0.1, 0.15) is 10.6 Å². The van der Waals surface area contributed by atoms with E-state index in [2.05, 4.69) is 21.2 Å². The molecule has 1 N–H and O–H groups in total. The smallest absolute Gasteiger partial charge is 0.246 e. The van der Waals surface area contributed by atoms with Crippen LogP contribution in [0, 0.1) is 0 Å². The molecule has 2 rings (SSSR count). The van der Waals surface area contributed by atoms with Crippen LogP contribution in [0.4, 0.5) is 0 Å². The van der Waals surface area contributed by atoms with Crippen LogP contribution in [0.25, 0.3) is 0 Å². The van der Waals surface area contributed by atoms with Gasteiger partial charge in [0.15, 0.2) is 0 Å². The van der Waals surface area contributed by atoms with E-state index in [1.165, 1.54) is 4.31 Å². The number of piperazine rings is 1. The van der Waals surface area contributed by atoms with E-state index in [0.29, 0.717) is 38.5 Å². The Balaban J connectivity index is 2.40. The van der Waals surface area contributed by atoms with Crippen molar-refractivity contribution in [1.82, 2.24) is 9.62 Å². The molecule has 0 spiro atoms. The van der Waals surface area contributed by atoms with Crippen LogP contribution in [0.15, 0.2) is 27.6 Å². The molecule has 1 aromatic carbocycles. The standard InChI is InChI=1S/C12H17BrN2O3S/c1-2-18-11-4-3-10(13)9-12(11)19(16,17)15-7-5-14-6-8-15/h3-4,9,14H,2,5-8H2,1H3. The number of ether oxygens (including phenoxy) is 1. The second-order valence-corrected chi connectivity index (χ2v) is 7.00. The van der Waals surface area contributed by atoms with Gasteiger partial charge in [0, 0.05) is 30.7 Å². The Bertz CT molecular complexity index is 542. The molecule has 0 radical (unpaired) electrons. The Morgan fingerprint density at radius 2 is 2.05 bits per heavy atom. The molecule has 0 aromatic heterocycles. The lowest BCUT2D eigenvalue weighted by Gasteiger charge is -2.27. The second kappa shape index (κ2) is 6.21. The molecule has 1 saturated heterocycles. The van der Waals surface area contributed by atoms with Crippen LogP contribution < -0.4 is 10.1 Å². The number of nitrogens with one attached hydrogen (secondary N) is 1. The summed E-state index contributed by atoms with van der Waals surface area (Å²) in [7, 11) is -3.50. The number of sulfonamides is 1. The molecule has 5 nitrogen and oxygen atoms in total. The summed E-state index contributed by atoms with van der Waals surface area (Å²) in [5.74, 6) is 0.407. The van der Waals surface area contributed by atoms with Gasteiger partial charge in [-0.15, -0.1) is 0 Å². The Labute approximate surface area is 122 Å². The largest absolute Gasteiger partial charge is 0.492 e. The van der Waals surface area contributed by atoms with Crippen molar-refractivity contribution >= 4 is 26.0 Å². The Kier molecular flexibility index (Phi) is 4.83. The summed E-state index contributed by atoms with van der Waals surface area (Å²) in [5, 5.41) is 3.14. The van der Waals surface area contributed by atoms with Gasteiger partial charge in [0.25, 0.3) is 0 Å². The SMILES string of the molecule is CCOc1ccc(Br)cc1S(=O)(=O)N1CCNCC1. The first-order valence-corrected chi connectivity index (χ1v) is 8.42. The van der Waals surface area contributed by atoms with Crippen molar-refractivity contribution in [3.05, 3.63) is 22.7 Å². The fourth-order valence-corrected chi connectivity index (χ4v) is 4.09. The van der Waals surface area contributed by atoms with Crippen molar-refractivity contribution in [1.29, 1.82) is 0 Å². The minimum atomic E-state index is -3.50. The summed E-state index contributed by atoms with van der Waals surface area (Å²) < 4.78 is 32.9. The molecule has 7 heteroatoms. The first-order valence-electron chi connectivity index (χ1n) is 6.19. The molecule has 1 fully saturated rings. The monoisotopic (exact) mass is 348 g/mol. The molecular formula is C12H17BrN2O3S. The second-order valence-electron chi connectivity index (χ2n) is 4.18.